The number of para-hydroxylation sites is 1. The maximum Gasteiger partial charge on any atom is 0.247 e. The smallest absolute Gasteiger partial charge is 0.247 e. The van der Waals surface area contributed by atoms with Crippen LogP contribution in [0.15, 0.2) is 35.9 Å². The third kappa shape index (κ3) is 5.31. The summed E-state index contributed by atoms with van der Waals surface area (Å²) < 4.78 is 7.14. The number of amides is 2. The second-order valence-electron chi connectivity index (χ2n) is 11.5. The van der Waals surface area contributed by atoms with Gasteiger partial charge in [-0.25, -0.2) is 0 Å². The molecule has 4 fully saturated rings. The summed E-state index contributed by atoms with van der Waals surface area (Å²) in [5.41, 5.74) is 0.595. The van der Waals surface area contributed by atoms with Gasteiger partial charge in [0.05, 0.1) is 16.2 Å². The number of ether oxygens (including phenoxy) is 1. The Hall–Kier alpha value is -1.65. The van der Waals surface area contributed by atoms with Crippen LogP contribution < -0.4 is 10.1 Å². The van der Waals surface area contributed by atoms with Crippen LogP contribution in [0, 0.1) is 26.7 Å². The number of halogens is 1. The Morgan fingerprint density at radius 1 is 1.14 bits per heavy atom. The Morgan fingerprint density at radius 3 is 2.36 bits per heavy atom. The molecule has 4 saturated carbocycles. The number of aliphatic hydroxyl groups excluding tert-OH is 2. The molecule has 3 unspecified atom stereocenters. The Bertz CT molecular complexity index is 992. The van der Waals surface area contributed by atoms with Crippen molar-refractivity contribution in [2.75, 3.05) is 19.7 Å². The third-order valence-corrected chi connectivity index (χ3v) is 9.68. The van der Waals surface area contributed by atoms with Crippen molar-refractivity contribution < 1.29 is 24.5 Å². The number of nitrogens with zero attached hydrogens (tertiary/aromatic N) is 1. The molecule has 5 aliphatic carbocycles. The van der Waals surface area contributed by atoms with E-state index in [4.69, 9.17) is 4.74 Å². The molecule has 2 amide bonds. The highest BCUT2D eigenvalue weighted by atomic mass is 127. The van der Waals surface area contributed by atoms with E-state index in [0.29, 0.717) is 17.9 Å². The van der Waals surface area contributed by atoms with Crippen molar-refractivity contribution in [3.63, 3.8) is 0 Å². The van der Waals surface area contributed by atoms with Crippen LogP contribution in [0.3, 0.4) is 0 Å². The fourth-order valence-corrected chi connectivity index (χ4v) is 8.29. The van der Waals surface area contributed by atoms with Crippen molar-refractivity contribution >= 4 is 34.4 Å². The molecule has 36 heavy (non-hydrogen) atoms. The summed E-state index contributed by atoms with van der Waals surface area (Å²) in [6.07, 6.45) is 7.67. The number of rotatable bonds is 8. The minimum absolute atomic E-state index is 0.0696. The van der Waals surface area contributed by atoms with Gasteiger partial charge in [0.25, 0.3) is 0 Å². The van der Waals surface area contributed by atoms with Crippen LogP contribution in [0.4, 0.5) is 0 Å². The average Bonchev–Trinajstić information content (AvgIpc) is 2.83. The van der Waals surface area contributed by atoms with E-state index in [-0.39, 0.29) is 36.8 Å². The van der Waals surface area contributed by atoms with Crippen LogP contribution in [0.5, 0.6) is 5.75 Å². The minimum Gasteiger partial charge on any atom is -0.482 e. The van der Waals surface area contributed by atoms with E-state index >= 15 is 0 Å². The lowest BCUT2D eigenvalue weighted by Gasteiger charge is -2.58. The van der Waals surface area contributed by atoms with Gasteiger partial charge in [0, 0.05) is 32.0 Å². The summed E-state index contributed by atoms with van der Waals surface area (Å²) in [7, 11) is 0. The molecular formula is C28H37IN2O5. The zero-order valence-corrected chi connectivity index (χ0v) is 23.0. The van der Waals surface area contributed by atoms with Gasteiger partial charge in [0.15, 0.2) is 0 Å². The molecule has 0 aliphatic heterocycles. The average molecular weight is 609 g/mol. The maximum atomic E-state index is 13.1. The fourth-order valence-electron chi connectivity index (χ4n) is 7.77. The molecule has 4 bridgehead atoms. The van der Waals surface area contributed by atoms with Crippen molar-refractivity contribution in [1.29, 1.82) is 0 Å². The van der Waals surface area contributed by atoms with Crippen molar-refractivity contribution in [3.8, 4) is 5.75 Å². The number of hydrogen-bond acceptors (Lipinski definition) is 5. The Kier molecular flexibility index (Phi) is 7.66. The normalized spacial score (nSPS) is 34.7. The van der Waals surface area contributed by atoms with Crippen LogP contribution in [-0.2, 0) is 9.59 Å². The second kappa shape index (κ2) is 10.6. The molecule has 5 aliphatic rings. The molecule has 0 radical (unpaired) electrons. The van der Waals surface area contributed by atoms with Gasteiger partial charge in [-0.05, 0) is 102 Å². The van der Waals surface area contributed by atoms with Crippen LogP contribution in [0.25, 0.3) is 0 Å². The van der Waals surface area contributed by atoms with Crippen molar-refractivity contribution in [1.82, 2.24) is 10.2 Å². The maximum absolute atomic E-state index is 13.1. The topological polar surface area (TPSA) is 99.1 Å². The van der Waals surface area contributed by atoms with E-state index in [2.05, 4.69) is 27.9 Å². The first kappa shape index (κ1) is 26.0. The van der Waals surface area contributed by atoms with Crippen molar-refractivity contribution in [2.24, 2.45) is 23.2 Å². The van der Waals surface area contributed by atoms with E-state index in [1.165, 1.54) is 19.3 Å². The summed E-state index contributed by atoms with van der Waals surface area (Å²) >= 11 is 2.19. The van der Waals surface area contributed by atoms with Gasteiger partial charge < -0.3 is 25.2 Å². The largest absolute Gasteiger partial charge is 0.482 e. The lowest BCUT2D eigenvalue weighted by atomic mass is 9.49. The van der Waals surface area contributed by atoms with Crippen LogP contribution in [-0.4, -0.2) is 64.9 Å². The molecule has 0 aromatic heterocycles. The summed E-state index contributed by atoms with van der Waals surface area (Å²) in [4.78, 5) is 27.9. The number of carbonyl (C=O) groups excluding carboxylic acids is 2. The number of hydrogen-bond donors (Lipinski definition) is 3. The molecule has 7 nitrogen and oxygen atoms in total. The van der Waals surface area contributed by atoms with E-state index in [9.17, 15) is 19.8 Å². The van der Waals surface area contributed by atoms with Crippen LogP contribution >= 0.6 is 22.6 Å². The summed E-state index contributed by atoms with van der Waals surface area (Å²) in [5.74, 6) is 2.55. The summed E-state index contributed by atoms with van der Waals surface area (Å²) in [6, 6.07) is 7.01. The molecule has 0 heterocycles. The monoisotopic (exact) mass is 608 g/mol. The highest BCUT2D eigenvalue weighted by molar-refractivity contribution is 14.1. The lowest BCUT2D eigenvalue weighted by Crippen LogP contribution is -2.59. The molecule has 196 valence electrons. The van der Waals surface area contributed by atoms with Crippen molar-refractivity contribution in [3.05, 3.63) is 39.5 Å². The molecular weight excluding hydrogens is 571 g/mol. The Balaban J connectivity index is 1.42. The summed E-state index contributed by atoms with van der Waals surface area (Å²) in [6.45, 7) is 2.20. The van der Waals surface area contributed by atoms with Gasteiger partial charge in [-0.1, -0.05) is 12.1 Å². The molecule has 1 aromatic carbocycles. The van der Waals surface area contributed by atoms with E-state index in [1.807, 2.05) is 29.2 Å². The molecule has 3 atom stereocenters. The quantitative estimate of drug-likeness (QED) is 0.394. The number of benzene rings is 1. The van der Waals surface area contributed by atoms with Gasteiger partial charge >= 0.3 is 0 Å². The first-order valence-electron chi connectivity index (χ1n) is 13.2. The zero-order valence-electron chi connectivity index (χ0n) is 20.9. The van der Waals surface area contributed by atoms with Crippen LogP contribution in [0.2, 0.25) is 0 Å². The summed E-state index contributed by atoms with van der Waals surface area (Å²) in [5, 5.41) is 23.5. The third-order valence-electron chi connectivity index (χ3n) is 8.79. The second-order valence-corrected chi connectivity index (χ2v) is 12.7. The van der Waals surface area contributed by atoms with Crippen molar-refractivity contribution in [2.45, 2.75) is 70.1 Å². The Labute approximate surface area is 226 Å². The minimum atomic E-state index is -0.965. The van der Waals surface area contributed by atoms with Gasteiger partial charge in [-0.15, -0.1) is 0 Å². The number of aliphatic hydroxyl groups is 2. The zero-order chi connectivity index (χ0) is 25.4. The van der Waals surface area contributed by atoms with E-state index in [1.54, 1.807) is 13.0 Å². The van der Waals surface area contributed by atoms with Gasteiger partial charge in [-0.3, -0.25) is 9.59 Å². The predicted molar refractivity (Wildman–Crippen MR) is 144 cm³/mol. The first-order chi connectivity index (χ1) is 17.3. The standard InChI is InChI=1S/C28H37IN2O5/c1-17(33)31(16-28-13-18-8-19(14-28)10-20(9-18)15-28)23-11-21(27(35)30-6-7-32)12-25(26(23)34)36-24-5-3-2-4-22(24)29/h2-5,12,18-20,23,25-26,32,34H,6-11,13-16H2,1H3,(H,30,35). The SMILES string of the molecule is CC(=O)N(CC12CC3CC(CC(C3)C1)C2)C1CC(C(=O)NCCO)=CC(Oc2ccccc2I)C1O. The fraction of sp³-hybridized carbons (Fsp3) is 0.643. The highest BCUT2D eigenvalue weighted by Gasteiger charge is 2.53. The molecule has 8 heteroatoms. The van der Waals surface area contributed by atoms with Crippen LogP contribution in [0.1, 0.15) is 51.9 Å². The molecule has 0 saturated heterocycles. The van der Waals surface area contributed by atoms with E-state index in [0.717, 1.165) is 40.6 Å². The first-order valence-corrected chi connectivity index (χ1v) is 14.3. The highest BCUT2D eigenvalue weighted by Crippen LogP contribution is 2.60. The molecule has 3 N–H and O–H groups in total. The number of nitrogens with one attached hydrogen (secondary N) is 1. The molecule has 1 aromatic rings. The Morgan fingerprint density at radius 2 is 1.78 bits per heavy atom. The predicted octanol–water partition coefficient (Wildman–Crippen LogP) is 3.27. The van der Waals surface area contributed by atoms with E-state index < -0.39 is 18.2 Å². The lowest BCUT2D eigenvalue weighted by molar-refractivity contribution is -0.144. The number of carbonyl (C=O) groups is 2. The van der Waals surface area contributed by atoms with Gasteiger partial charge in [0.2, 0.25) is 11.8 Å². The van der Waals surface area contributed by atoms with Gasteiger partial charge in [0.1, 0.15) is 18.0 Å². The molecule has 0 spiro atoms. The van der Waals surface area contributed by atoms with Gasteiger partial charge in [-0.2, -0.15) is 0 Å². The molecule has 6 rings (SSSR count).